The molecule has 102 valence electrons. The number of anilines is 1. The molecule has 1 aliphatic heterocycles. The third kappa shape index (κ3) is 2.10. The number of fused-ring (bicyclic) bond motifs is 1. The van der Waals surface area contributed by atoms with Crippen molar-refractivity contribution in [2.24, 2.45) is 0 Å². The van der Waals surface area contributed by atoms with Crippen LogP contribution in [0.15, 0.2) is 29.6 Å². The van der Waals surface area contributed by atoms with E-state index in [9.17, 15) is 9.59 Å². The van der Waals surface area contributed by atoms with Gasteiger partial charge in [-0.3, -0.25) is 9.69 Å². The number of amides is 1. The molecule has 8 heteroatoms. The molecular weight excluding hydrogens is 282 g/mol. The molecule has 1 unspecified atom stereocenters. The summed E-state index contributed by atoms with van der Waals surface area (Å²) in [5.41, 5.74) is 0.721. The molecule has 20 heavy (non-hydrogen) atoms. The summed E-state index contributed by atoms with van der Waals surface area (Å²) in [6, 6.07) is 6.80. The number of aliphatic carboxylic acids is 1. The molecule has 7 nitrogen and oxygen atoms in total. The average Bonchev–Trinajstić information content (AvgIpc) is 2.99. The van der Waals surface area contributed by atoms with Crippen LogP contribution in [0.25, 0.3) is 0 Å². The van der Waals surface area contributed by atoms with Gasteiger partial charge in [-0.25, -0.2) is 4.79 Å². The first-order valence-corrected chi connectivity index (χ1v) is 6.58. The number of carbonyl (C=O) groups excluding carboxylic acids is 1. The Balaban J connectivity index is 2.01. The van der Waals surface area contributed by atoms with Crippen LogP contribution in [0.4, 0.5) is 5.69 Å². The molecule has 3 rings (SSSR count). The summed E-state index contributed by atoms with van der Waals surface area (Å²) in [6.07, 6.45) is -1.10. The lowest BCUT2D eigenvalue weighted by molar-refractivity contribution is -0.144. The molecular formula is C12H9N3O4S. The highest BCUT2D eigenvalue weighted by molar-refractivity contribution is 7.03. The highest BCUT2D eigenvalue weighted by atomic mass is 32.1. The van der Waals surface area contributed by atoms with Crippen LogP contribution in [-0.2, 0) is 4.79 Å². The van der Waals surface area contributed by atoms with Gasteiger partial charge in [-0.2, -0.15) is 0 Å². The molecule has 1 aromatic heterocycles. The van der Waals surface area contributed by atoms with Crippen LogP contribution >= 0.6 is 11.5 Å². The number of rotatable bonds is 2. The first-order chi connectivity index (χ1) is 9.66. The minimum Gasteiger partial charge on any atom is -0.478 e. The van der Waals surface area contributed by atoms with Crippen molar-refractivity contribution in [2.75, 3.05) is 11.4 Å². The predicted molar refractivity (Wildman–Crippen MR) is 70.1 cm³/mol. The molecule has 0 radical (unpaired) electrons. The summed E-state index contributed by atoms with van der Waals surface area (Å²) in [4.78, 5) is 24.9. The van der Waals surface area contributed by atoms with Gasteiger partial charge < -0.3 is 9.84 Å². The predicted octanol–water partition coefficient (Wildman–Crippen LogP) is 1.03. The number of nitrogens with zero attached hydrogens (tertiary/aromatic N) is 3. The van der Waals surface area contributed by atoms with Crippen molar-refractivity contribution in [2.45, 2.75) is 6.10 Å². The van der Waals surface area contributed by atoms with Gasteiger partial charge in [0.15, 0.2) is 5.69 Å². The van der Waals surface area contributed by atoms with E-state index >= 15 is 0 Å². The van der Waals surface area contributed by atoms with Gasteiger partial charge in [0.25, 0.3) is 5.91 Å². The summed E-state index contributed by atoms with van der Waals surface area (Å²) in [6.45, 7) is -0.0668. The van der Waals surface area contributed by atoms with Crippen LogP contribution in [0.1, 0.15) is 10.5 Å². The maximum absolute atomic E-state index is 12.4. The van der Waals surface area contributed by atoms with Gasteiger partial charge >= 0.3 is 5.97 Å². The van der Waals surface area contributed by atoms with E-state index in [1.54, 1.807) is 24.3 Å². The molecule has 1 amide bonds. The Labute approximate surface area is 117 Å². The largest absolute Gasteiger partial charge is 0.478 e. The quantitative estimate of drug-likeness (QED) is 0.888. The van der Waals surface area contributed by atoms with Crippen LogP contribution in [0.3, 0.4) is 0 Å². The van der Waals surface area contributed by atoms with Crippen molar-refractivity contribution in [1.82, 2.24) is 9.59 Å². The van der Waals surface area contributed by atoms with Crippen molar-refractivity contribution < 1.29 is 19.4 Å². The number of carboxylic acid groups (broad SMARTS) is 1. The number of aromatic nitrogens is 2. The molecule has 1 aliphatic rings. The van der Waals surface area contributed by atoms with Gasteiger partial charge in [-0.15, -0.1) is 5.10 Å². The van der Waals surface area contributed by atoms with E-state index in [1.165, 1.54) is 10.3 Å². The van der Waals surface area contributed by atoms with Gasteiger partial charge in [0.05, 0.1) is 12.2 Å². The number of hydrogen-bond donors (Lipinski definition) is 1. The number of carbonyl (C=O) groups is 2. The first kappa shape index (κ1) is 12.5. The van der Waals surface area contributed by atoms with Gasteiger partial charge in [0.1, 0.15) is 5.75 Å². The molecule has 0 fully saturated rings. The molecule has 1 N–H and O–H groups in total. The molecule has 1 aromatic carbocycles. The summed E-state index contributed by atoms with van der Waals surface area (Å²) in [5.74, 6) is -1.14. The zero-order chi connectivity index (χ0) is 14.1. The smallest absolute Gasteiger partial charge is 0.346 e. The van der Waals surface area contributed by atoms with E-state index in [0.717, 1.165) is 11.5 Å². The van der Waals surface area contributed by atoms with E-state index in [0.29, 0.717) is 11.4 Å². The molecule has 2 heterocycles. The fraction of sp³-hybridized carbons (Fsp3) is 0.167. The van der Waals surface area contributed by atoms with Gasteiger partial charge in [-0.1, -0.05) is 16.6 Å². The van der Waals surface area contributed by atoms with Crippen LogP contribution in [0, 0.1) is 0 Å². The topological polar surface area (TPSA) is 92.6 Å². The molecule has 0 spiro atoms. The van der Waals surface area contributed by atoms with Crippen LogP contribution in [0.2, 0.25) is 0 Å². The highest BCUT2D eigenvalue weighted by Crippen LogP contribution is 2.33. The Morgan fingerprint density at radius 1 is 1.40 bits per heavy atom. The maximum Gasteiger partial charge on any atom is 0.346 e. The Bertz CT molecular complexity index is 658. The van der Waals surface area contributed by atoms with Gasteiger partial charge in [0.2, 0.25) is 6.10 Å². The minimum atomic E-state index is -1.12. The van der Waals surface area contributed by atoms with E-state index in [2.05, 4.69) is 9.59 Å². The monoisotopic (exact) mass is 291 g/mol. The molecule has 1 atom stereocenters. The third-order valence-electron chi connectivity index (χ3n) is 2.87. The lowest BCUT2D eigenvalue weighted by Crippen LogP contribution is -2.47. The van der Waals surface area contributed by atoms with Crippen molar-refractivity contribution in [3.8, 4) is 5.75 Å². The average molecular weight is 291 g/mol. The Morgan fingerprint density at radius 2 is 2.20 bits per heavy atom. The fourth-order valence-electron chi connectivity index (χ4n) is 1.95. The standard InChI is InChI=1S/C12H9N3O4S/c16-11(7-6-20-14-13-7)15-5-10(12(17)18)19-9-4-2-1-3-8(9)15/h1-4,6,10H,5H2,(H,17,18). The second kappa shape index (κ2) is 4.89. The Morgan fingerprint density at radius 3 is 2.90 bits per heavy atom. The van der Waals surface area contributed by atoms with E-state index in [-0.39, 0.29) is 18.1 Å². The van der Waals surface area contributed by atoms with Gasteiger partial charge in [-0.05, 0) is 23.7 Å². The highest BCUT2D eigenvalue weighted by Gasteiger charge is 2.34. The number of carboxylic acids is 1. The number of ether oxygens (including phenoxy) is 1. The SMILES string of the molecule is O=C(O)C1CN(C(=O)c2csnn2)c2ccccc2O1. The summed E-state index contributed by atoms with van der Waals surface area (Å²) in [7, 11) is 0. The molecule has 0 saturated carbocycles. The summed E-state index contributed by atoms with van der Waals surface area (Å²) < 4.78 is 9.01. The number of benzene rings is 1. The second-order valence-electron chi connectivity index (χ2n) is 4.12. The zero-order valence-corrected chi connectivity index (χ0v) is 10.9. The normalized spacial score (nSPS) is 17.2. The van der Waals surface area contributed by atoms with E-state index < -0.39 is 12.1 Å². The first-order valence-electron chi connectivity index (χ1n) is 5.74. The third-order valence-corrected chi connectivity index (χ3v) is 3.38. The lowest BCUT2D eigenvalue weighted by atomic mass is 10.1. The Kier molecular flexibility index (Phi) is 3.07. The number of para-hydroxylation sites is 2. The van der Waals surface area contributed by atoms with E-state index in [1.807, 2.05) is 0 Å². The summed E-state index contributed by atoms with van der Waals surface area (Å²) >= 11 is 1.06. The minimum absolute atomic E-state index is 0.0668. The van der Waals surface area contributed by atoms with E-state index in [4.69, 9.17) is 9.84 Å². The van der Waals surface area contributed by atoms with Crippen LogP contribution < -0.4 is 9.64 Å². The lowest BCUT2D eigenvalue weighted by Gasteiger charge is -2.32. The van der Waals surface area contributed by atoms with Crippen molar-refractivity contribution in [1.29, 1.82) is 0 Å². The van der Waals surface area contributed by atoms with Gasteiger partial charge in [0, 0.05) is 5.38 Å². The zero-order valence-electron chi connectivity index (χ0n) is 10.1. The second-order valence-corrected chi connectivity index (χ2v) is 4.73. The van der Waals surface area contributed by atoms with Crippen molar-refractivity contribution >= 4 is 29.1 Å². The summed E-state index contributed by atoms with van der Waals surface area (Å²) in [5, 5.41) is 14.4. The molecule has 0 aliphatic carbocycles. The van der Waals surface area contributed by atoms with Crippen LogP contribution in [0.5, 0.6) is 5.75 Å². The van der Waals surface area contributed by atoms with Crippen molar-refractivity contribution in [3.63, 3.8) is 0 Å². The maximum atomic E-state index is 12.4. The molecule has 2 aromatic rings. The fourth-order valence-corrected chi connectivity index (χ4v) is 2.38. The number of hydrogen-bond acceptors (Lipinski definition) is 6. The van der Waals surface area contributed by atoms with Crippen LogP contribution in [-0.4, -0.2) is 39.2 Å². The molecule has 0 bridgehead atoms. The Hall–Kier alpha value is -2.48. The van der Waals surface area contributed by atoms with Crippen molar-refractivity contribution in [3.05, 3.63) is 35.3 Å². The molecule has 0 saturated heterocycles.